The van der Waals surface area contributed by atoms with Crippen molar-refractivity contribution in [2.75, 3.05) is 27.2 Å². The Hall–Kier alpha value is -0.320. The third-order valence-corrected chi connectivity index (χ3v) is 3.50. The fraction of sp³-hybridized carbons (Fsp3) is 0.917. The van der Waals surface area contributed by atoms with Crippen molar-refractivity contribution < 1.29 is 4.79 Å². The normalized spacial score (nSPS) is 19.5. The van der Waals surface area contributed by atoms with Gasteiger partial charge in [0.25, 0.3) is 0 Å². The molecule has 0 bridgehead atoms. The van der Waals surface area contributed by atoms with Crippen LogP contribution >= 0.6 is 12.4 Å². The molecular formula is C12H26ClN3O. The fourth-order valence-electron chi connectivity index (χ4n) is 2.26. The first kappa shape index (κ1) is 16.7. The van der Waals surface area contributed by atoms with Gasteiger partial charge in [-0.3, -0.25) is 4.79 Å². The number of rotatable bonds is 4. The topological polar surface area (TPSA) is 49.6 Å². The Morgan fingerprint density at radius 3 is 2.47 bits per heavy atom. The van der Waals surface area contributed by atoms with E-state index in [0.717, 1.165) is 38.8 Å². The number of likely N-dealkylation sites (tertiary alicyclic amines) is 1. The quantitative estimate of drug-likeness (QED) is 0.826. The van der Waals surface area contributed by atoms with Gasteiger partial charge in [-0.1, -0.05) is 13.3 Å². The number of amides is 1. The van der Waals surface area contributed by atoms with Crippen LogP contribution in [0.4, 0.5) is 0 Å². The van der Waals surface area contributed by atoms with E-state index in [0.29, 0.717) is 6.04 Å². The summed E-state index contributed by atoms with van der Waals surface area (Å²) in [6.07, 6.45) is 3.89. The molecule has 1 fully saturated rings. The van der Waals surface area contributed by atoms with E-state index in [-0.39, 0.29) is 24.4 Å². The highest BCUT2D eigenvalue weighted by molar-refractivity contribution is 5.85. The average molecular weight is 264 g/mol. The Balaban J connectivity index is 0.00000256. The molecule has 5 heteroatoms. The minimum atomic E-state index is -0.311. The number of piperidine rings is 1. The zero-order valence-corrected chi connectivity index (χ0v) is 12.0. The van der Waals surface area contributed by atoms with Gasteiger partial charge in [0.05, 0.1) is 6.04 Å². The summed E-state index contributed by atoms with van der Waals surface area (Å²) in [6.45, 7) is 4.21. The Morgan fingerprint density at radius 1 is 1.47 bits per heavy atom. The lowest BCUT2D eigenvalue weighted by Crippen LogP contribution is -2.49. The van der Waals surface area contributed by atoms with Crippen molar-refractivity contribution >= 4 is 18.3 Å². The zero-order valence-electron chi connectivity index (χ0n) is 11.2. The minimum absolute atomic E-state index is 0. The van der Waals surface area contributed by atoms with Crippen LogP contribution in [0.25, 0.3) is 0 Å². The summed E-state index contributed by atoms with van der Waals surface area (Å²) in [4.78, 5) is 16.2. The van der Waals surface area contributed by atoms with Crippen LogP contribution in [-0.4, -0.2) is 55.0 Å². The molecule has 0 aromatic heterocycles. The summed E-state index contributed by atoms with van der Waals surface area (Å²) in [7, 11) is 4.02. The van der Waals surface area contributed by atoms with Crippen molar-refractivity contribution in [3.05, 3.63) is 0 Å². The van der Waals surface area contributed by atoms with E-state index in [1.807, 2.05) is 11.9 Å². The molecular weight excluding hydrogens is 238 g/mol. The van der Waals surface area contributed by atoms with Crippen LogP contribution in [-0.2, 0) is 4.79 Å². The number of carbonyl (C=O) groups is 1. The average Bonchev–Trinajstić information content (AvgIpc) is 2.28. The number of likely N-dealkylation sites (N-methyl/N-ethyl adjacent to an activating group) is 1. The van der Waals surface area contributed by atoms with Gasteiger partial charge in [-0.25, -0.2) is 0 Å². The molecule has 1 amide bonds. The van der Waals surface area contributed by atoms with Gasteiger partial charge in [0.2, 0.25) is 5.91 Å². The first-order chi connectivity index (χ1) is 7.56. The molecule has 1 atom stereocenters. The second-order valence-electron chi connectivity index (χ2n) is 4.88. The SMILES string of the molecule is CCCC(N)C(=O)N(C)C1CCN(C)CC1.Cl. The lowest BCUT2D eigenvalue weighted by Gasteiger charge is -2.36. The van der Waals surface area contributed by atoms with Crippen molar-refractivity contribution in [1.29, 1.82) is 0 Å². The van der Waals surface area contributed by atoms with E-state index in [9.17, 15) is 4.79 Å². The van der Waals surface area contributed by atoms with Gasteiger partial charge in [0.1, 0.15) is 0 Å². The van der Waals surface area contributed by atoms with Crippen molar-refractivity contribution in [2.45, 2.75) is 44.7 Å². The third-order valence-electron chi connectivity index (χ3n) is 3.50. The number of hydrogen-bond acceptors (Lipinski definition) is 3. The molecule has 1 saturated heterocycles. The smallest absolute Gasteiger partial charge is 0.239 e. The van der Waals surface area contributed by atoms with E-state index in [1.165, 1.54) is 0 Å². The number of carbonyl (C=O) groups excluding carboxylic acids is 1. The van der Waals surface area contributed by atoms with E-state index in [1.54, 1.807) is 0 Å². The third kappa shape index (κ3) is 4.82. The second kappa shape index (κ2) is 7.90. The molecule has 1 aliphatic rings. The standard InChI is InChI=1S/C12H25N3O.ClH/c1-4-5-11(13)12(16)15(3)10-6-8-14(2)9-7-10;/h10-11H,4-9,13H2,1-3H3;1H. The summed E-state index contributed by atoms with van der Waals surface area (Å²) in [5.74, 6) is 0.108. The van der Waals surface area contributed by atoms with Crippen molar-refractivity contribution in [1.82, 2.24) is 9.80 Å². The lowest BCUT2D eigenvalue weighted by atomic mass is 10.0. The second-order valence-corrected chi connectivity index (χ2v) is 4.88. The maximum atomic E-state index is 12.0. The van der Waals surface area contributed by atoms with Crippen LogP contribution in [0.15, 0.2) is 0 Å². The molecule has 17 heavy (non-hydrogen) atoms. The fourth-order valence-corrected chi connectivity index (χ4v) is 2.26. The summed E-state index contributed by atoms with van der Waals surface area (Å²) >= 11 is 0. The van der Waals surface area contributed by atoms with Crippen LogP contribution < -0.4 is 5.73 Å². The monoisotopic (exact) mass is 263 g/mol. The molecule has 2 N–H and O–H groups in total. The first-order valence-electron chi connectivity index (χ1n) is 6.27. The molecule has 1 aliphatic heterocycles. The van der Waals surface area contributed by atoms with Gasteiger partial charge in [0.15, 0.2) is 0 Å². The molecule has 0 aliphatic carbocycles. The van der Waals surface area contributed by atoms with E-state index in [4.69, 9.17) is 5.73 Å². The number of nitrogens with two attached hydrogens (primary N) is 1. The maximum Gasteiger partial charge on any atom is 0.239 e. The van der Waals surface area contributed by atoms with Crippen LogP contribution in [0.5, 0.6) is 0 Å². The summed E-state index contributed by atoms with van der Waals surface area (Å²) in [5.41, 5.74) is 5.86. The van der Waals surface area contributed by atoms with Crippen molar-refractivity contribution in [2.24, 2.45) is 5.73 Å². The van der Waals surface area contributed by atoms with Gasteiger partial charge in [-0.05, 0) is 39.4 Å². The Kier molecular flexibility index (Phi) is 7.75. The summed E-state index contributed by atoms with van der Waals surface area (Å²) < 4.78 is 0. The molecule has 102 valence electrons. The van der Waals surface area contributed by atoms with Crippen LogP contribution in [0.2, 0.25) is 0 Å². The predicted octanol–water partition coefficient (Wildman–Crippen LogP) is 1.09. The minimum Gasteiger partial charge on any atom is -0.341 e. The van der Waals surface area contributed by atoms with Crippen molar-refractivity contribution in [3.8, 4) is 0 Å². The molecule has 1 unspecified atom stereocenters. The molecule has 0 saturated carbocycles. The summed E-state index contributed by atoms with van der Waals surface area (Å²) in [6, 6.07) is 0.0706. The van der Waals surface area contributed by atoms with Crippen LogP contribution in [0, 0.1) is 0 Å². The van der Waals surface area contributed by atoms with Crippen LogP contribution in [0.1, 0.15) is 32.6 Å². The highest BCUT2D eigenvalue weighted by Gasteiger charge is 2.26. The summed E-state index contributed by atoms with van der Waals surface area (Å²) in [5, 5.41) is 0. The van der Waals surface area contributed by atoms with Gasteiger partial charge >= 0.3 is 0 Å². The molecule has 1 rings (SSSR count). The molecule has 0 aromatic rings. The van der Waals surface area contributed by atoms with Gasteiger partial charge in [-0.2, -0.15) is 0 Å². The van der Waals surface area contributed by atoms with E-state index < -0.39 is 0 Å². The van der Waals surface area contributed by atoms with E-state index >= 15 is 0 Å². The Labute approximate surface area is 111 Å². The molecule has 0 spiro atoms. The first-order valence-corrected chi connectivity index (χ1v) is 6.27. The molecule has 0 radical (unpaired) electrons. The number of halogens is 1. The van der Waals surface area contributed by atoms with Gasteiger partial charge < -0.3 is 15.5 Å². The van der Waals surface area contributed by atoms with E-state index in [2.05, 4.69) is 18.9 Å². The van der Waals surface area contributed by atoms with Gasteiger partial charge in [0, 0.05) is 13.1 Å². The largest absolute Gasteiger partial charge is 0.341 e. The highest BCUT2D eigenvalue weighted by atomic mass is 35.5. The van der Waals surface area contributed by atoms with Crippen molar-refractivity contribution in [3.63, 3.8) is 0 Å². The predicted molar refractivity (Wildman–Crippen MR) is 73.4 cm³/mol. The molecule has 0 aromatic carbocycles. The molecule has 4 nitrogen and oxygen atoms in total. The Bertz CT molecular complexity index is 230. The number of hydrogen-bond donors (Lipinski definition) is 1. The molecule has 1 heterocycles. The number of nitrogens with zero attached hydrogens (tertiary/aromatic N) is 2. The Morgan fingerprint density at radius 2 is 2.00 bits per heavy atom. The maximum absolute atomic E-state index is 12.0. The lowest BCUT2D eigenvalue weighted by molar-refractivity contribution is -0.134. The van der Waals surface area contributed by atoms with Crippen LogP contribution in [0.3, 0.4) is 0 Å². The van der Waals surface area contributed by atoms with Gasteiger partial charge in [-0.15, -0.1) is 12.4 Å². The zero-order chi connectivity index (χ0) is 12.1. The highest BCUT2D eigenvalue weighted by Crippen LogP contribution is 2.15.